The third-order valence-corrected chi connectivity index (χ3v) is 3.43. The molecule has 2 rings (SSSR count). The summed E-state index contributed by atoms with van der Waals surface area (Å²) in [6, 6.07) is 3.79. The number of nitrogen functional groups attached to an aromatic ring is 1. The quantitative estimate of drug-likeness (QED) is 0.772. The van der Waals surface area contributed by atoms with Gasteiger partial charge in [0, 0.05) is 31.4 Å². The van der Waals surface area contributed by atoms with E-state index in [1.54, 1.807) is 6.20 Å². The van der Waals surface area contributed by atoms with Crippen LogP contribution in [0.1, 0.15) is 13.8 Å². The third kappa shape index (κ3) is 1.97. The molecule has 1 aromatic rings. The first kappa shape index (κ1) is 11.2. The van der Waals surface area contributed by atoms with Crippen LogP contribution >= 0.6 is 0 Å². The van der Waals surface area contributed by atoms with Crippen LogP contribution in [0.5, 0.6) is 0 Å². The van der Waals surface area contributed by atoms with E-state index in [1.807, 2.05) is 12.1 Å². The molecule has 1 aliphatic rings. The summed E-state index contributed by atoms with van der Waals surface area (Å²) in [7, 11) is 2.17. The maximum Gasteiger partial charge on any atom is 0.151 e. The fourth-order valence-corrected chi connectivity index (χ4v) is 2.09. The lowest BCUT2D eigenvalue weighted by Crippen LogP contribution is -2.58. The molecule has 4 nitrogen and oxygen atoms in total. The van der Waals surface area contributed by atoms with Gasteiger partial charge in [0.05, 0.1) is 5.69 Å². The molecule has 0 unspecified atom stereocenters. The Kier molecular flexibility index (Phi) is 2.76. The van der Waals surface area contributed by atoms with Gasteiger partial charge >= 0.3 is 0 Å². The Labute approximate surface area is 97.1 Å². The highest BCUT2D eigenvalue weighted by molar-refractivity contribution is 5.62. The minimum Gasteiger partial charge on any atom is -0.396 e. The van der Waals surface area contributed by atoms with Crippen molar-refractivity contribution in [2.75, 3.05) is 37.3 Å². The molecule has 1 saturated heterocycles. The predicted octanol–water partition coefficient (Wildman–Crippen LogP) is 1.19. The molecule has 4 heteroatoms. The van der Waals surface area contributed by atoms with E-state index in [1.165, 1.54) is 0 Å². The maximum absolute atomic E-state index is 5.96. The Morgan fingerprint density at radius 2 is 2.12 bits per heavy atom. The number of rotatable bonds is 1. The van der Waals surface area contributed by atoms with Gasteiger partial charge in [-0.05, 0) is 33.0 Å². The van der Waals surface area contributed by atoms with Crippen LogP contribution < -0.4 is 10.6 Å². The Balaban J connectivity index is 2.21. The highest BCUT2D eigenvalue weighted by atomic mass is 15.3. The van der Waals surface area contributed by atoms with Crippen molar-refractivity contribution < 1.29 is 0 Å². The summed E-state index contributed by atoms with van der Waals surface area (Å²) < 4.78 is 0. The van der Waals surface area contributed by atoms with E-state index in [9.17, 15) is 0 Å². The molecule has 0 aromatic carbocycles. The van der Waals surface area contributed by atoms with Gasteiger partial charge in [-0.3, -0.25) is 4.90 Å². The molecule has 1 aromatic heterocycles. The van der Waals surface area contributed by atoms with Gasteiger partial charge < -0.3 is 10.6 Å². The first-order valence-corrected chi connectivity index (χ1v) is 5.67. The van der Waals surface area contributed by atoms with Crippen LogP contribution in [-0.2, 0) is 0 Å². The second kappa shape index (κ2) is 3.94. The maximum atomic E-state index is 5.96. The molecule has 0 atom stereocenters. The zero-order valence-electron chi connectivity index (χ0n) is 10.3. The van der Waals surface area contributed by atoms with E-state index < -0.39 is 0 Å². The molecule has 88 valence electrons. The summed E-state index contributed by atoms with van der Waals surface area (Å²) in [5, 5.41) is 0. The number of piperazine rings is 1. The zero-order valence-corrected chi connectivity index (χ0v) is 10.3. The molecule has 0 aliphatic carbocycles. The standard InChI is InChI=1S/C12H20N4/c1-12(2)9-16(8-7-15(12)3)11-10(13)5-4-6-14-11/h4-6H,7-9,13H2,1-3H3. The van der Waals surface area contributed by atoms with E-state index in [2.05, 4.69) is 35.7 Å². The molecule has 0 radical (unpaired) electrons. The van der Waals surface area contributed by atoms with E-state index in [-0.39, 0.29) is 5.54 Å². The van der Waals surface area contributed by atoms with Crippen LogP contribution in [0.2, 0.25) is 0 Å². The Hall–Kier alpha value is -1.29. The first-order valence-electron chi connectivity index (χ1n) is 5.67. The molecule has 0 spiro atoms. The highest BCUT2D eigenvalue weighted by Crippen LogP contribution is 2.26. The van der Waals surface area contributed by atoms with Gasteiger partial charge in [0.1, 0.15) is 0 Å². The largest absolute Gasteiger partial charge is 0.396 e. The van der Waals surface area contributed by atoms with E-state index >= 15 is 0 Å². The van der Waals surface area contributed by atoms with Gasteiger partial charge in [-0.25, -0.2) is 4.98 Å². The van der Waals surface area contributed by atoms with Gasteiger partial charge in [-0.15, -0.1) is 0 Å². The molecular weight excluding hydrogens is 200 g/mol. The lowest BCUT2D eigenvalue weighted by molar-refractivity contribution is 0.138. The number of nitrogens with two attached hydrogens (primary N) is 1. The molecule has 0 bridgehead atoms. The number of pyridine rings is 1. The van der Waals surface area contributed by atoms with Crippen LogP contribution in [0.3, 0.4) is 0 Å². The number of anilines is 2. The van der Waals surface area contributed by atoms with E-state index in [4.69, 9.17) is 5.73 Å². The molecule has 0 saturated carbocycles. The Bertz CT molecular complexity index is 375. The number of hydrogen-bond donors (Lipinski definition) is 1. The SMILES string of the molecule is CN1CCN(c2ncccc2N)CC1(C)C. The van der Waals surface area contributed by atoms with Crippen molar-refractivity contribution in [3.8, 4) is 0 Å². The first-order chi connectivity index (χ1) is 7.50. The summed E-state index contributed by atoms with van der Waals surface area (Å²) in [6.45, 7) is 7.49. The summed E-state index contributed by atoms with van der Waals surface area (Å²) >= 11 is 0. The van der Waals surface area contributed by atoms with Crippen molar-refractivity contribution in [3.05, 3.63) is 18.3 Å². The number of likely N-dealkylation sites (N-methyl/N-ethyl adjacent to an activating group) is 1. The average Bonchev–Trinajstić information content (AvgIpc) is 2.23. The topological polar surface area (TPSA) is 45.4 Å². The van der Waals surface area contributed by atoms with Crippen LogP contribution in [0.4, 0.5) is 11.5 Å². The molecule has 1 fully saturated rings. The van der Waals surface area contributed by atoms with Crippen molar-refractivity contribution in [2.45, 2.75) is 19.4 Å². The third-order valence-electron chi connectivity index (χ3n) is 3.43. The normalized spacial score (nSPS) is 21.1. The van der Waals surface area contributed by atoms with E-state index in [0.717, 1.165) is 31.1 Å². The summed E-state index contributed by atoms with van der Waals surface area (Å²) in [5.74, 6) is 0.920. The lowest BCUT2D eigenvalue weighted by atomic mass is 10.00. The Morgan fingerprint density at radius 1 is 1.38 bits per heavy atom. The minimum absolute atomic E-state index is 0.169. The molecule has 2 heterocycles. The molecule has 0 amide bonds. The van der Waals surface area contributed by atoms with Crippen molar-refractivity contribution >= 4 is 11.5 Å². The fraction of sp³-hybridized carbons (Fsp3) is 0.583. The lowest BCUT2D eigenvalue weighted by Gasteiger charge is -2.45. The van der Waals surface area contributed by atoms with Crippen LogP contribution in [0.25, 0.3) is 0 Å². The monoisotopic (exact) mass is 220 g/mol. The molecular formula is C12H20N4. The van der Waals surface area contributed by atoms with Crippen LogP contribution in [-0.4, -0.2) is 42.1 Å². The van der Waals surface area contributed by atoms with Gasteiger partial charge in [-0.1, -0.05) is 0 Å². The fourth-order valence-electron chi connectivity index (χ4n) is 2.09. The summed E-state index contributed by atoms with van der Waals surface area (Å²) in [4.78, 5) is 9.03. The predicted molar refractivity (Wildman–Crippen MR) is 67.6 cm³/mol. The zero-order chi connectivity index (χ0) is 11.8. The van der Waals surface area contributed by atoms with Crippen molar-refractivity contribution in [1.29, 1.82) is 0 Å². The molecule has 16 heavy (non-hydrogen) atoms. The van der Waals surface area contributed by atoms with Crippen molar-refractivity contribution in [1.82, 2.24) is 9.88 Å². The van der Waals surface area contributed by atoms with Crippen LogP contribution in [0, 0.1) is 0 Å². The summed E-state index contributed by atoms with van der Waals surface area (Å²) in [5.41, 5.74) is 6.89. The molecule has 1 aliphatic heterocycles. The average molecular weight is 220 g/mol. The van der Waals surface area contributed by atoms with Crippen molar-refractivity contribution in [3.63, 3.8) is 0 Å². The summed E-state index contributed by atoms with van der Waals surface area (Å²) in [6.07, 6.45) is 1.80. The minimum atomic E-state index is 0.169. The second-order valence-corrected chi connectivity index (χ2v) is 5.07. The van der Waals surface area contributed by atoms with Gasteiger partial charge in [-0.2, -0.15) is 0 Å². The second-order valence-electron chi connectivity index (χ2n) is 5.07. The number of nitrogens with zero attached hydrogens (tertiary/aromatic N) is 3. The van der Waals surface area contributed by atoms with Gasteiger partial charge in [0.2, 0.25) is 0 Å². The number of hydrogen-bond acceptors (Lipinski definition) is 4. The number of aromatic nitrogens is 1. The smallest absolute Gasteiger partial charge is 0.151 e. The highest BCUT2D eigenvalue weighted by Gasteiger charge is 2.31. The van der Waals surface area contributed by atoms with Crippen molar-refractivity contribution in [2.24, 2.45) is 0 Å². The van der Waals surface area contributed by atoms with Crippen LogP contribution in [0.15, 0.2) is 18.3 Å². The Morgan fingerprint density at radius 3 is 2.75 bits per heavy atom. The molecule has 2 N–H and O–H groups in total. The van der Waals surface area contributed by atoms with Gasteiger partial charge in [0.25, 0.3) is 0 Å². The van der Waals surface area contributed by atoms with E-state index in [0.29, 0.717) is 0 Å². The van der Waals surface area contributed by atoms with Gasteiger partial charge in [0.15, 0.2) is 5.82 Å².